The fourth-order valence-electron chi connectivity index (χ4n) is 3.86. The summed E-state index contributed by atoms with van der Waals surface area (Å²) in [4.78, 5) is 4.35. The molecular weight excluding hydrogens is 456 g/mol. The van der Waals surface area contributed by atoms with Gasteiger partial charge in [0.05, 0.1) is 16.0 Å². The molecule has 1 atom stereocenters. The number of benzene rings is 1. The maximum Gasteiger partial charge on any atom is 0.258 e. The molecule has 2 aromatic heterocycles. The number of fused-ring (bicyclic) bond motifs is 1. The number of hydrogen-bond acceptors (Lipinski definition) is 3. The number of rotatable bonds is 7. The van der Waals surface area contributed by atoms with E-state index in [-0.39, 0.29) is 11.0 Å². The van der Waals surface area contributed by atoms with Gasteiger partial charge in [-0.05, 0) is 36.5 Å². The molecule has 0 bridgehead atoms. The minimum absolute atomic E-state index is 0.129. The minimum Gasteiger partial charge on any atom is -0.347 e. The number of sulfonamides is 1. The number of pyridine rings is 1. The number of aromatic nitrogens is 2. The van der Waals surface area contributed by atoms with E-state index >= 15 is 0 Å². The van der Waals surface area contributed by atoms with Gasteiger partial charge < -0.3 is 4.57 Å². The van der Waals surface area contributed by atoms with E-state index < -0.39 is 27.7 Å². The maximum absolute atomic E-state index is 14.1. The number of alkyl halides is 2. The van der Waals surface area contributed by atoms with Crippen molar-refractivity contribution in [3.05, 3.63) is 53.3 Å². The molecule has 1 aliphatic carbocycles. The van der Waals surface area contributed by atoms with Crippen molar-refractivity contribution in [2.45, 2.75) is 57.9 Å². The van der Waals surface area contributed by atoms with Crippen LogP contribution >= 0.6 is 11.6 Å². The second-order valence-electron chi connectivity index (χ2n) is 9.51. The lowest BCUT2D eigenvalue weighted by molar-refractivity contribution is 0.109. The van der Waals surface area contributed by atoms with Crippen LogP contribution in [-0.4, -0.2) is 29.6 Å². The summed E-state index contributed by atoms with van der Waals surface area (Å²) in [5.74, 6) is 0. The summed E-state index contributed by atoms with van der Waals surface area (Å²) in [6.45, 7) is 6.73. The number of nitrogens with one attached hydrogen (secondary N) is 1. The van der Waals surface area contributed by atoms with Crippen LogP contribution in [0.1, 0.15) is 45.2 Å². The first-order valence-corrected chi connectivity index (χ1v) is 12.4. The standard InChI is InChI=1S/C23H26ClF2N3O2S/c1-23(2,3)13-29-12-17(21(22(25)26)28-32(30,31)15-7-8-15)16-9-6-14(11-19(16)29)20-18(24)5-4-10-27-20/h4-6,9-12,15,21-22,28H,7-8,13H2,1-3H3. The van der Waals surface area contributed by atoms with Crippen molar-refractivity contribution >= 4 is 32.5 Å². The summed E-state index contributed by atoms with van der Waals surface area (Å²) in [5, 5.41) is 0.488. The van der Waals surface area contributed by atoms with E-state index in [0.717, 1.165) is 11.1 Å². The minimum atomic E-state index is -3.80. The summed E-state index contributed by atoms with van der Waals surface area (Å²) < 4.78 is 57.3. The van der Waals surface area contributed by atoms with Crippen molar-refractivity contribution in [3.63, 3.8) is 0 Å². The van der Waals surface area contributed by atoms with E-state index in [1.807, 2.05) is 10.6 Å². The van der Waals surface area contributed by atoms with Gasteiger partial charge in [-0.15, -0.1) is 0 Å². The predicted molar refractivity (Wildman–Crippen MR) is 123 cm³/mol. The lowest BCUT2D eigenvalue weighted by atomic mass is 9.97. The van der Waals surface area contributed by atoms with Gasteiger partial charge in [0.25, 0.3) is 6.43 Å². The van der Waals surface area contributed by atoms with Gasteiger partial charge in [-0.3, -0.25) is 4.98 Å². The topological polar surface area (TPSA) is 64.0 Å². The molecule has 5 nitrogen and oxygen atoms in total. The van der Waals surface area contributed by atoms with Gasteiger partial charge in [0.1, 0.15) is 6.04 Å². The number of halogens is 3. The van der Waals surface area contributed by atoms with Gasteiger partial charge in [-0.1, -0.05) is 44.5 Å². The van der Waals surface area contributed by atoms with Gasteiger partial charge >= 0.3 is 0 Å². The van der Waals surface area contributed by atoms with Crippen LogP contribution in [-0.2, 0) is 16.6 Å². The van der Waals surface area contributed by atoms with Crippen LogP contribution in [0.4, 0.5) is 8.78 Å². The van der Waals surface area contributed by atoms with Gasteiger partial charge in [-0.25, -0.2) is 21.9 Å². The zero-order valence-corrected chi connectivity index (χ0v) is 19.7. The van der Waals surface area contributed by atoms with Crippen molar-refractivity contribution < 1.29 is 17.2 Å². The molecule has 0 amide bonds. The molecule has 1 fully saturated rings. The molecule has 3 aromatic rings. The third-order valence-electron chi connectivity index (χ3n) is 5.43. The third-order valence-corrected chi connectivity index (χ3v) is 7.67. The largest absolute Gasteiger partial charge is 0.347 e. The van der Waals surface area contributed by atoms with Crippen molar-refractivity contribution in [1.29, 1.82) is 0 Å². The fraction of sp³-hybridized carbons (Fsp3) is 0.435. The van der Waals surface area contributed by atoms with Gasteiger partial charge in [-0.2, -0.15) is 0 Å². The monoisotopic (exact) mass is 481 g/mol. The first-order chi connectivity index (χ1) is 15.0. The molecule has 1 N–H and O–H groups in total. The highest BCUT2D eigenvalue weighted by atomic mass is 35.5. The molecule has 1 aromatic carbocycles. The highest BCUT2D eigenvalue weighted by molar-refractivity contribution is 7.90. The van der Waals surface area contributed by atoms with Crippen LogP contribution in [0.15, 0.2) is 42.7 Å². The van der Waals surface area contributed by atoms with Gasteiger partial charge in [0, 0.05) is 41.0 Å². The Bertz CT molecular complexity index is 1250. The number of nitrogens with zero attached hydrogens (tertiary/aromatic N) is 2. The SMILES string of the molecule is CC(C)(C)Cn1cc(C(NS(=O)(=O)C2CC2)C(F)F)c2ccc(-c3ncccc3Cl)cc21. The van der Waals surface area contributed by atoms with Crippen LogP contribution in [0.2, 0.25) is 5.02 Å². The quantitative estimate of drug-likeness (QED) is 0.464. The second-order valence-corrected chi connectivity index (χ2v) is 11.9. The second kappa shape index (κ2) is 8.39. The molecule has 2 heterocycles. The van der Waals surface area contributed by atoms with Crippen LogP contribution in [0.3, 0.4) is 0 Å². The van der Waals surface area contributed by atoms with Gasteiger partial charge in [0.2, 0.25) is 10.0 Å². The fourth-order valence-corrected chi connectivity index (χ4v) is 5.62. The first-order valence-electron chi connectivity index (χ1n) is 10.5. The third kappa shape index (κ3) is 4.82. The van der Waals surface area contributed by atoms with Crippen LogP contribution < -0.4 is 4.72 Å². The summed E-state index contributed by atoms with van der Waals surface area (Å²) >= 11 is 6.32. The summed E-state index contributed by atoms with van der Waals surface area (Å²) in [7, 11) is -3.80. The molecule has 32 heavy (non-hydrogen) atoms. The first kappa shape index (κ1) is 23.1. The Kier molecular flexibility index (Phi) is 6.07. The summed E-state index contributed by atoms with van der Waals surface area (Å²) in [5.41, 5.74) is 2.22. The Labute approximate surface area is 191 Å². The van der Waals surface area contributed by atoms with E-state index in [0.29, 0.717) is 35.5 Å². The van der Waals surface area contributed by atoms with E-state index in [1.165, 1.54) is 0 Å². The Hall–Kier alpha value is -2.03. The van der Waals surface area contributed by atoms with Crippen molar-refractivity contribution in [1.82, 2.24) is 14.3 Å². The van der Waals surface area contributed by atoms with Crippen LogP contribution in [0, 0.1) is 5.41 Å². The normalized spacial score (nSPS) is 16.1. The smallest absolute Gasteiger partial charge is 0.258 e. The van der Waals surface area contributed by atoms with E-state index in [1.54, 1.807) is 36.7 Å². The van der Waals surface area contributed by atoms with Crippen LogP contribution in [0.5, 0.6) is 0 Å². The average Bonchev–Trinajstić information content (AvgIpc) is 3.50. The molecule has 9 heteroatoms. The lowest BCUT2D eigenvalue weighted by Crippen LogP contribution is -2.35. The van der Waals surface area contributed by atoms with Gasteiger partial charge in [0.15, 0.2) is 0 Å². The molecule has 4 rings (SSSR count). The Morgan fingerprint density at radius 2 is 1.97 bits per heavy atom. The molecule has 1 aliphatic rings. The molecule has 0 saturated heterocycles. The molecular formula is C23H26ClF2N3O2S. The molecule has 1 saturated carbocycles. The van der Waals surface area contributed by atoms with Crippen molar-refractivity contribution in [2.75, 3.05) is 0 Å². The Morgan fingerprint density at radius 3 is 2.56 bits per heavy atom. The Balaban J connectivity index is 1.86. The maximum atomic E-state index is 14.1. The molecule has 0 radical (unpaired) electrons. The number of hydrogen-bond donors (Lipinski definition) is 1. The summed E-state index contributed by atoms with van der Waals surface area (Å²) in [6, 6.07) is 7.26. The molecule has 0 aliphatic heterocycles. The Morgan fingerprint density at radius 1 is 1.25 bits per heavy atom. The van der Waals surface area contributed by atoms with Crippen LogP contribution in [0.25, 0.3) is 22.2 Å². The molecule has 1 unspecified atom stereocenters. The average molecular weight is 482 g/mol. The van der Waals surface area contributed by atoms with E-state index in [4.69, 9.17) is 11.6 Å². The molecule has 172 valence electrons. The van der Waals surface area contributed by atoms with E-state index in [9.17, 15) is 17.2 Å². The van der Waals surface area contributed by atoms with E-state index in [2.05, 4.69) is 30.5 Å². The molecule has 0 spiro atoms. The highest BCUT2D eigenvalue weighted by Gasteiger charge is 2.40. The summed E-state index contributed by atoms with van der Waals surface area (Å²) in [6.07, 6.45) is 1.41. The zero-order chi connectivity index (χ0) is 23.3. The zero-order valence-electron chi connectivity index (χ0n) is 18.1. The van der Waals surface area contributed by atoms with Crippen molar-refractivity contribution in [3.8, 4) is 11.3 Å². The van der Waals surface area contributed by atoms with Crippen molar-refractivity contribution in [2.24, 2.45) is 5.41 Å². The highest BCUT2D eigenvalue weighted by Crippen LogP contribution is 2.37. The lowest BCUT2D eigenvalue weighted by Gasteiger charge is -2.20. The predicted octanol–water partition coefficient (Wildman–Crippen LogP) is 5.79.